The maximum Gasteiger partial charge on any atom is 0.407 e. The summed E-state index contributed by atoms with van der Waals surface area (Å²) in [5.74, 6) is -0.997. The van der Waals surface area contributed by atoms with Crippen molar-refractivity contribution in [2.45, 2.75) is 57.5 Å². The summed E-state index contributed by atoms with van der Waals surface area (Å²) in [7, 11) is 0. The van der Waals surface area contributed by atoms with E-state index < -0.39 is 24.1 Å². The molecule has 0 aromatic heterocycles. The van der Waals surface area contributed by atoms with Gasteiger partial charge in [-0.3, -0.25) is 9.59 Å². The highest BCUT2D eigenvalue weighted by Gasteiger charge is 2.30. The van der Waals surface area contributed by atoms with E-state index in [1.807, 2.05) is 84.9 Å². The predicted molar refractivity (Wildman–Crippen MR) is 242 cm³/mol. The van der Waals surface area contributed by atoms with E-state index >= 15 is 0 Å². The number of fused-ring (bicyclic) bond motifs is 3. The summed E-state index contributed by atoms with van der Waals surface area (Å²) in [6, 6.07) is 47.9. The van der Waals surface area contributed by atoms with E-state index in [2.05, 4.69) is 29.6 Å². The number of hydrogen-bond donors (Lipinski definition) is 2. The summed E-state index contributed by atoms with van der Waals surface area (Å²) in [5, 5.41) is 2.82. The minimum atomic E-state index is -0.775. The number of alkyl carbamates (subject to hydrolysis) is 1. The molecule has 10 nitrogen and oxygen atoms in total. The van der Waals surface area contributed by atoms with E-state index in [1.54, 1.807) is 62.4 Å². The van der Waals surface area contributed by atoms with Gasteiger partial charge in [-0.05, 0) is 95.5 Å². The van der Waals surface area contributed by atoms with E-state index in [1.165, 1.54) is 0 Å². The molecule has 0 spiro atoms. The second kappa shape index (κ2) is 22.6. The number of carbonyl (C=O) groups is 5. The molecule has 63 heavy (non-hydrogen) atoms. The molecule has 0 fully saturated rings. The number of esters is 2. The highest BCUT2D eigenvalue weighted by molar-refractivity contribution is 5.92. The Labute approximate surface area is 368 Å². The zero-order valence-corrected chi connectivity index (χ0v) is 35.5. The number of amides is 1. The third-order valence-corrected chi connectivity index (χ3v) is 10.7. The van der Waals surface area contributed by atoms with Gasteiger partial charge >= 0.3 is 18.0 Å². The van der Waals surface area contributed by atoms with E-state index in [-0.39, 0.29) is 42.9 Å². The van der Waals surface area contributed by atoms with Gasteiger partial charge in [-0.1, -0.05) is 133 Å². The van der Waals surface area contributed by atoms with Crippen molar-refractivity contribution in [3.63, 3.8) is 0 Å². The van der Waals surface area contributed by atoms with Gasteiger partial charge < -0.3 is 25.3 Å². The van der Waals surface area contributed by atoms with Gasteiger partial charge in [-0.2, -0.15) is 0 Å². The van der Waals surface area contributed by atoms with Crippen LogP contribution in [0, 0.1) is 0 Å². The molecule has 6 aromatic carbocycles. The standard InChI is InChI=1S/C34H31NO5.C19H21NO3/c1-2-39-33(37)25-18-16-24(17-19-25)21-32(36)31(20-23-10-4-3-5-11-23)35-34(38)40-22-30-28-14-8-6-12-26(28)27-13-7-9-15-29(27)30;1-2-23-19(22)16-10-8-15(9-11-16)13-18(21)17(20)12-14-6-4-3-5-7-14/h3-19,30-31H,2,20-22H2,1H3,(H,35,38);3-11,17H,2,12-13,20H2,1H3/t31-;17-/m00/s1. The predicted octanol–water partition coefficient (Wildman–Crippen LogP) is 8.67. The summed E-state index contributed by atoms with van der Waals surface area (Å²) >= 11 is 0. The SMILES string of the molecule is CCOC(=O)c1ccc(CC(=O)[C@@H](N)Cc2ccccc2)cc1.CCOC(=O)c1ccc(CC(=O)[C@H](Cc2ccccc2)NC(=O)OCC2c3ccccc3-c3ccccc32)cc1. The molecule has 3 N–H and O–H groups in total. The Morgan fingerprint density at radius 3 is 1.41 bits per heavy atom. The Morgan fingerprint density at radius 2 is 0.937 bits per heavy atom. The first-order valence-corrected chi connectivity index (χ1v) is 21.2. The number of benzene rings is 6. The number of ether oxygens (including phenoxy) is 3. The molecular weight excluding hydrogens is 793 g/mol. The van der Waals surface area contributed by atoms with Crippen molar-refractivity contribution in [1.29, 1.82) is 0 Å². The van der Waals surface area contributed by atoms with Crippen LogP contribution in [0.5, 0.6) is 0 Å². The summed E-state index contributed by atoms with van der Waals surface area (Å²) in [4.78, 5) is 62.2. The van der Waals surface area contributed by atoms with Crippen LogP contribution in [0.1, 0.15) is 73.9 Å². The van der Waals surface area contributed by atoms with Crippen LogP contribution in [0.15, 0.2) is 158 Å². The molecule has 0 bridgehead atoms. The Balaban J connectivity index is 0.000000244. The second-order valence-corrected chi connectivity index (χ2v) is 15.1. The van der Waals surface area contributed by atoms with Crippen LogP contribution in [-0.2, 0) is 49.5 Å². The van der Waals surface area contributed by atoms with E-state index in [0.29, 0.717) is 37.2 Å². The first-order valence-electron chi connectivity index (χ1n) is 21.2. The van der Waals surface area contributed by atoms with Crippen molar-refractivity contribution in [3.8, 4) is 11.1 Å². The van der Waals surface area contributed by atoms with E-state index in [4.69, 9.17) is 19.9 Å². The number of Topliss-reactive ketones (excluding diaryl/α,β-unsaturated/α-hetero) is 2. The molecule has 0 heterocycles. The number of nitrogens with two attached hydrogens (primary N) is 1. The number of nitrogens with one attached hydrogen (secondary N) is 1. The largest absolute Gasteiger partial charge is 0.462 e. The number of carbonyl (C=O) groups excluding carboxylic acids is 5. The normalized spacial score (nSPS) is 12.3. The zero-order chi connectivity index (χ0) is 44.6. The molecule has 7 rings (SSSR count). The molecule has 1 aliphatic rings. The zero-order valence-electron chi connectivity index (χ0n) is 35.5. The van der Waals surface area contributed by atoms with Gasteiger partial charge in [0, 0.05) is 18.8 Å². The molecule has 0 radical (unpaired) electrons. The lowest BCUT2D eigenvalue weighted by Crippen LogP contribution is -2.43. The topological polar surface area (TPSA) is 151 Å². The van der Waals surface area contributed by atoms with Crippen LogP contribution in [0.3, 0.4) is 0 Å². The number of ketones is 2. The quantitative estimate of drug-likeness (QED) is 0.0679. The second-order valence-electron chi connectivity index (χ2n) is 15.1. The first-order chi connectivity index (χ1) is 30.6. The lowest BCUT2D eigenvalue weighted by atomic mass is 9.97. The van der Waals surface area contributed by atoms with Crippen LogP contribution >= 0.6 is 0 Å². The fourth-order valence-electron chi connectivity index (χ4n) is 7.46. The minimum Gasteiger partial charge on any atom is -0.462 e. The molecule has 322 valence electrons. The van der Waals surface area contributed by atoms with Crippen molar-refractivity contribution in [1.82, 2.24) is 5.32 Å². The highest BCUT2D eigenvalue weighted by atomic mass is 16.5. The molecule has 2 atom stereocenters. The van der Waals surface area contributed by atoms with Crippen molar-refractivity contribution < 1.29 is 38.2 Å². The highest BCUT2D eigenvalue weighted by Crippen LogP contribution is 2.44. The lowest BCUT2D eigenvalue weighted by molar-refractivity contribution is -0.120. The Bertz CT molecular complexity index is 2420. The molecule has 1 aliphatic carbocycles. The molecule has 10 heteroatoms. The molecule has 0 unspecified atom stereocenters. The first kappa shape index (κ1) is 45.4. The van der Waals surface area contributed by atoms with Gasteiger partial charge in [0.25, 0.3) is 0 Å². The number of hydrogen-bond acceptors (Lipinski definition) is 9. The molecule has 1 amide bonds. The maximum absolute atomic E-state index is 13.4. The Kier molecular flexibility index (Phi) is 16.3. The van der Waals surface area contributed by atoms with Crippen molar-refractivity contribution >= 4 is 29.6 Å². The molecule has 6 aromatic rings. The third kappa shape index (κ3) is 12.7. The molecule has 0 saturated carbocycles. The van der Waals surface area contributed by atoms with Gasteiger partial charge in [0.1, 0.15) is 6.61 Å². The smallest absolute Gasteiger partial charge is 0.407 e. The average Bonchev–Trinajstić information content (AvgIpc) is 3.63. The van der Waals surface area contributed by atoms with Gasteiger partial charge in [0.05, 0.1) is 36.4 Å². The van der Waals surface area contributed by atoms with Crippen LogP contribution in [0.4, 0.5) is 4.79 Å². The van der Waals surface area contributed by atoms with E-state index in [0.717, 1.165) is 44.5 Å². The maximum atomic E-state index is 13.4. The summed E-state index contributed by atoms with van der Waals surface area (Å²) in [6.45, 7) is 4.32. The van der Waals surface area contributed by atoms with Crippen LogP contribution < -0.4 is 11.1 Å². The summed E-state index contributed by atoms with van der Waals surface area (Å²) < 4.78 is 15.7. The summed E-state index contributed by atoms with van der Waals surface area (Å²) in [6.07, 6.45) is 0.598. The fraction of sp³-hybridized carbons (Fsp3) is 0.226. The van der Waals surface area contributed by atoms with Gasteiger partial charge in [0.2, 0.25) is 0 Å². The van der Waals surface area contributed by atoms with Gasteiger partial charge in [0.15, 0.2) is 11.6 Å². The minimum absolute atomic E-state index is 0.0160. The fourth-order valence-corrected chi connectivity index (χ4v) is 7.46. The van der Waals surface area contributed by atoms with Crippen molar-refractivity contribution in [2.75, 3.05) is 19.8 Å². The Hall–Kier alpha value is -7.17. The molecule has 0 aliphatic heterocycles. The van der Waals surface area contributed by atoms with Crippen molar-refractivity contribution in [3.05, 3.63) is 202 Å². The molecular formula is C53H52N2O8. The van der Waals surface area contributed by atoms with Gasteiger partial charge in [-0.25, -0.2) is 14.4 Å². The molecule has 0 saturated heterocycles. The average molecular weight is 845 g/mol. The van der Waals surface area contributed by atoms with Crippen LogP contribution in [0.2, 0.25) is 0 Å². The lowest BCUT2D eigenvalue weighted by Gasteiger charge is -2.20. The van der Waals surface area contributed by atoms with Crippen LogP contribution in [-0.4, -0.2) is 61.5 Å². The monoisotopic (exact) mass is 844 g/mol. The van der Waals surface area contributed by atoms with Gasteiger partial charge in [-0.15, -0.1) is 0 Å². The van der Waals surface area contributed by atoms with Crippen LogP contribution in [0.25, 0.3) is 11.1 Å². The third-order valence-electron chi connectivity index (χ3n) is 10.7. The summed E-state index contributed by atoms with van der Waals surface area (Å²) in [5.41, 5.74) is 15.0. The van der Waals surface area contributed by atoms with E-state index in [9.17, 15) is 24.0 Å². The van der Waals surface area contributed by atoms with Crippen molar-refractivity contribution in [2.24, 2.45) is 5.73 Å². The number of rotatable bonds is 17. The Morgan fingerprint density at radius 1 is 0.508 bits per heavy atom.